The Morgan fingerprint density at radius 3 is 2.56 bits per heavy atom. The second-order valence-corrected chi connectivity index (χ2v) is 6.56. The SMILES string of the molecule is CCNCc1cccc(F)c1SC(C)(C)C. The maximum Gasteiger partial charge on any atom is 0.137 e. The Bertz CT molecular complexity index is 344. The third kappa shape index (κ3) is 4.14. The first-order valence-corrected chi connectivity index (χ1v) is 6.43. The molecule has 1 N–H and O–H groups in total. The molecule has 0 amide bonds. The van der Waals surface area contributed by atoms with E-state index in [0.29, 0.717) is 0 Å². The van der Waals surface area contributed by atoms with Crippen molar-refractivity contribution in [2.75, 3.05) is 6.54 Å². The van der Waals surface area contributed by atoms with Gasteiger partial charge in [0, 0.05) is 16.2 Å². The molecule has 0 aliphatic heterocycles. The molecule has 0 unspecified atom stereocenters. The van der Waals surface area contributed by atoms with E-state index in [0.717, 1.165) is 23.5 Å². The van der Waals surface area contributed by atoms with Gasteiger partial charge in [0.1, 0.15) is 5.82 Å². The molecule has 0 saturated heterocycles. The van der Waals surface area contributed by atoms with Crippen LogP contribution in [0.5, 0.6) is 0 Å². The van der Waals surface area contributed by atoms with Crippen LogP contribution >= 0.6 is 11.8 Å². The maximum absolute atomic E-state index is 13.8. The molecule has 0 saturated carbocycles. The van der Waals surface area contributed by atoms with Gasteiger partial charge in [-0.15, -0.1) is 11.8 Å². The lowest BCUT2D eigenvalue weighted by atomic mass is 10.2. The second kappa shape index (κ2) is 5.69. The van der Waals surface area contributed by atoms with Crippen molar-refractivity contribution in [1.29, 1.82) is 0 Å². The average molecular weight is 241 g/mol. The summed E-state index contributed by atoms with van der Waals surface area (Å²) in [6.45, 7) is 9.97. The summed E-state index contributed by atoms with van der Waals surface area (Å²) in [5.41, 5.74) is 1.04. The van der Waals surface area contributed by atoms with E-state index in [2.05, 4.69) is 33.0 Å². The fourth-order valence-corrected chi connectivity index (χ4v) is 2.42. The molecular formula is C13H20FNS. The lowest BCUT2D eigenvalue weighted by Gasteiger charge is -2.20. The summed E-state index contributed by atoms with van der Waals surface area (Å²) in [5, 5.41) is 3.24. The molecule has 0 spiro atoms. The van der Waals surface area contributed by atoms with Gasteiger partial charge in [0.2, 0.25) is 0 Å². The Balaban J connectivity index is 2.94. The van der Waals surface area contributed by atoms with Crippen LogP contribution in [-0.2, 0) is 6.54 Å². The molecule has 0 radical (unpaired) electrons. The third-order valence-electron chi connectivity index (χ3n) is 2.02. The number of benzene rings is 1. The fraction of sp³-hybridized carbons (Fsp3) is 0.538. The van der Waals surface area contributed by atoms with Crippen LogP contribution in [0, 0.1) is 5.82 Å². The molecule has 16 heavy (non-hydrogen) atoms. The van der Waals surface area contributed by atoms with E-state index < -0.39 is 0 Å². The summed E-state index contributed by atoms with van der Waals surface area (Å²) in [5.74, 6) is -0.115. The van der Waals surface area contributed by atoms with Crippen molar-refractivity contribution in [3.8, 4) is 0 Å². The molecule has 1 rings (SSSR count). The third-order valence-corrected chi connectivity index (χ3v) is 3.30. The van der Waals surface area contributed by atoms with Gasteiger partial charge in [0.25, 0.3) is 0 Å². The van der Waals surface area contributed by atoms with E-state index in [1.54, 1.807) is 17.8 Å². The van der Waals surface area contributed by atoms with Gasteiger partial charge in [-0.05, 0) is 18.2 Å². The average Bonchev–Trinajstić information content (AvgIpc) is 2.17. The highest BCUT2D eigenvalue weighted by atomic mass is 32.2. The number of hydrogen-bond acceptors (Lipinski definition) is 2. The number of nitrogens with one attached hydrogen (secondary N) is 1. The molecule has 0 aliphatic rings. The summed E-state index contributed by atoms with van der Waals surface area (Å²) in [6, 6.07) is 5.29. The summed E-state index contributed by atoms with van der Waals surface area (Å²) < 4.78 is 13.8. The predicted molar refractivity (Wildman–Crippen MR) is 69.4 cm³/mol. The lowest BCUT2D eigenvalue weighted by Crippen LogP contribution is -2.14. The van der Waals surface area contributed by atoms with Crippen LogP contribution in [0.15, 0.2) is 23.1 Å². The number of thioether (sulfide) groups is 1. The predicted octanol–water partition coefficient (Wildman–Crippen LogP) is 3.83. The lowest BCUT2D eigenvalue weighted by molar-refractivity contribution is 0.589. The summed E-state index contributed by atoms with van der Waals surface area (Å²) in [7, 11) is 0. The minimum Gasteiger partial charge on any atom is -0.313 e. The molecule has 0 fully saturated rings. The Morgan fingerprint density at radius 2 is 2.00 bits per heavy atom. The maximum atomic E-state index is 13.8. The monoisotopic (exact) mass is 241 g/mol. The molecule has 3 heteroatoms. The molecule has 1 aromatic carbocycles. The zero-order chi connectivity index (χ0) is 12.2. The number of halogens is 1. The zero-order valence-corrected chi connectivity index (χ0v) is 11.2. The van der Waals surface area contributed by atoms with Crippen molar-refractivity contribution in [3.05, 3.63) is 29.6 Å². The molecule has 1 aromatic rings. The Morgan fingerprint density at radius 1 is 1.31 bits per heavy atom. The van der Waals surface area contributed by atoms with Crippen LogP contribution in [-0.4, -0.2) is 11.3 Å². The van der Waals surface area contributed by atoms with E-state index in [-0.39, 0.29) is 10.6 Å². The standard InChI is InChI=1S/C13H20FNS/c1-5-15-9-10-7-6-8-11(14)12(10)16-13(2,3)4/h6-8,15H,5,9H2,1-4H3. The molecule has 0 atom stereocenters. The van der Waals surface area contributed by atoms with Crippen molar-refractivity contribution < 1.29 is 4.39 Å². The molecule has 0 heterocycles. The molecule has 0 aliphatic carbocycles. The van der Waals surface area contributed by atoms with Crippen LogP contribution in [0.1, 0.15) is 33.3 Å². The van der Waals surface area contributed by atoms with Crippen molar-refractivity contribution in [1.82, 2.24) is 5.32 Å². The van der Waals surface area contributed by atoms with Gasteiger partial charge >= 0.3 is 0 Å². The van der Waals surface area contributed by atoms with Crippen LogP contribution in [0.25, 0.3) is 0 Å². The first-order chi connectivity index (χ1) is 7.44. The zero-order valence-electron chi connectivity index (χ0n) is 10.4. The van der Waals surface area contributed by atoms with Crippen LogP contribution in [0.4, 0.5) is 4.39 Å². The van der Waals surface area contributed by atoms with Gasteiger partial charge in [-0.2, -0.15) is 0 Å². The van der Waals surface area contributed by atoms with Crippen molar-refractivity contribution in [2.24, 2.45) is 0 Å². The highest BCUT2D eigenvalue weighted by Crippen LogP contribution is 2.35. The quantitative estimate of drug-likeness (QED) is 0.804. The molecular weight excluding hydrogens is 221 g/mol. The smallest absolute Gasteiger partial charge is 0.137 e. The van der Waals surface area contributed by atoms with Crippen LogP contribution in [0.2, 0.25) is 0 Å². The van der Waals surface area contributed by atoms with Gasteiger partial charge in [-0.1, -0.05) is 39.8 Å². The van der Waals surface area contributed by atoms with Gasteiger partial charge in [0.05, 0.1) is 0 Å². The first-order valence-electron chi connectivity index (χ1n) is 5.61. The van der Waals surface area contributed by atoms with Crippen molar-refractivity contribution in [3.63, 3.8) is 0 Å². The number of rotatable bonds is 4. The second-order valence-electron chi connectivity index (χ2n) is 4.72. The van der Waals surface area contributed by atoms with E-state index in [1.165, 1.54) is 6.07 Å². The Hall–Kier alpha value is -0.540. The van der Waals surface area contributed by atoms with Gasteiger partial charge in [0.15, 0.2) is 0 Å². The van der Waals surface area contributed by atoms with E-state index in [4.69, 9.17) is 0 Å². The van der Waals surface area contributed by atoms with Crippen molar-refractivity contribution in [2.45, 2.75) is 43.9 Å². The van der Waals surface area contributed by atoms with Crippen LogP contribution < -0.4 is 5.32 Å². The van der Waals surface area contributed by atoms with E-state index in [1.807, 2.05) is 6.07 Å². The highest BCUT2D eigenvalue weighted by Gasteiger charge is 2.17. The fourth-order valence-electron chi connectivity index (χ4n) is 1.37. The van der Waals surface area contributed by atoms with E-state index >= 15 is 0 Å². The molecule has 0 bridgehead atoms. The minimum atomic E-state index is -0.115. The van der Waals surface area contributed by atoms with Crippen molar-refractivity contribution >= 4 is 11.8 Å². The minimum absolute atomic E-state index is 0.0309. The first kappa shape index (κ1) is 13.5. The molecule has 1 nitrogen and oxygen atoms in total. The normalized spacial score (nSPS) is 11.8. The highest BCUT2D eigenvalue weighted by molar-refractivity contribution is 8.00. The Kier molecular flexibility index (Phi) is 4.81. The summed E-state index contributed by atoms with van der Waals surface area (Å²) in [6.07, 6.45) is 0. The molecule has 90 valence electrons. The van der Waals surface area contributed by atoms with Gasteiger partial charge in [-0.25, -0.2) is 4.39 Å². The number of hydrogen-bond donors (Lipinski definition) is 1. The largest absolute Gasteiger partial charge is 0.313 e. The molecule has 0 aromatic heterocycles. The van der Waals surface area contributed by atoms with E-state index in [9.17, 15) is 4.39 Å². The summed E-state index contributed by atoms with van der Waals surface area (Å²) >= 11 is 1.59. The Labute approximate surface area is 102 Å². The summed E-state index contributed by atoms with van der Waals surface area (Å²) in [4.78, 5) is 0.774. The van der Waals surface area contributed by atoms with Gasteiger partial charge in [-0.3, -0.25) is 0 Å². The van der Waals surface area contributed by atoms with Gasteiger partial charge < -0.3 is 5.32 Å². The topological polar surface area (TPSA) is 12.0 Å². The van der Waals surface area contributed by atoms with Crippen LogP contribution in [0.3, 0.4) is 0 Å².